The van der Waals surface area contributed by atoms with Crippen LogP contribution >= 0.6 is 0 Å². The summed E-state index contributed by atoms with van der Waals surface area (Å²) in [7, 11) is 0. The number of phenolic OH excluding ortho intramolecular Hbond substituents is 2. The van der Waals surface area contributed by atoms with Crippen molar-refractivity contribution in [3.8, 4) is 33.8 Å². The molecule has 8 heteroatoms. The number of phenols is 2. The number of benzene rings is 8. The van der Waals surface area contributed by atoms with Gasteiger partial charge < -0.3 is 19.0 Å². The van der Waals surface area contributed by atoms with E-state index in [1.807, 2.05) is 72.8 Å². The van der Waals surface area contributed by atoms with Crippen LogP contribution in [0.1, 0.15) is 31.8 Å². The number of para-hydroxylation sites is 4. The molecule has 10 aromatic rings. The molecule has 0 saturated carbocycles. The number of rotatable bonds is 6. The summed E-state index contributed by atoms with van der Waals surface area (Å²) in [5, 5.41) is 21.8. The van der Waals surface area contributed by atoms with Crippen LogP contribution in [0.25, 0.3) is 66.1 Å². The fourth-order valence-electron chi connectivity index (χ4n) is 7.38. The van der Waals surface area contributed by atoms with Crippen LogP contribution in [0.4, 0.5) is 0 Å². The standard InChI is InChI=1S/2C26H16O4/c2*27-22-12-6-4-10-18(22)24(28)17-14-20(16-8-2-1-3-9-16)26-21(15-17)25(29)19-11-5-7-13-23(19)30-26/h2*1-15,27H. The van der Waals surface area contributed by atoms with Crippen molar-refractivity contribution in [2.24, 2.45) is 0 Å². The molecule has 0 atom stereocenters. The first-order chi connectivity index (χ1) is 29.3. The predicted octanol–water partition coefficient (Wildman–Crippen LogP) is 11.1. The molecule has 0 aliphatic carbocycles. The Morgan fingerprint density at radius 3 is 1.13 bits per heavy atom. The van der Waals surface area contributed by atoms with E-state index >= 15 is 0 Å². The summed E-state index contributed by atoms with van der Waals surface area (Å²) in [6.45, 7) is 0. The maximum atomic E-state index is 13.2. The summed E-state index contributed by atoms with van der Waals surface area (Å²) in [6.07, 6.45) is 0. The molecule has 0 spiro atoms. The molecule has 0 aliphatic rings. The average Bonchev–Trinajstić information content (AvgIpc) is 3.29. The van der Waals surface area contributed by atoms with E-state index in [1.165, 1.54) is 12.1 Å². The van der Waals surface area contributed by atoms with Crippen molar-refractivity contribution in [2.45, 2.75) is 0 Å². The zero-order valence-corrected chi connectivity index (χ0v) is 31.7. The number of carbonyl (C=O) groups is 2. The van der Waals surface area contributed by atoms with Crippen molar-refractivity contribution in [2.75, 3.05) is 0 Å². The number of fused-ring (bicyclic) bond motifs is 4. The summed E-state index contributed by atoms with van der Waals surface area (Å²) in [6, 6.07) is 52.3. The predicted molar refractivity (Wildman–Crippen MR) is 234 cm³/mol. The molecule has 2 N–H and O–H groups in total. The maximum Gasteiger partial charge on any atom is 0.200 e. The van der Waals surface area contributed by atoms with E-state index in [0.29, 0.717) is 66.1 Å². The van der Waals surface area contributed by atoms with Crippen molar-refractivity contribution in [1.82, 2.24) is 0 Å². The van der Waals surface area contributed by atoms with Crippen molar-refractivity contribution in [1.29, 1.82) is 0 Å². The highest BCUT2D eigenvalue weighted by atomic mass is 16.3. The van der Waals surface area contributed by atoms with E-state index in [2.05, 4.69) is 0 Å². The second-order valence-corrected chi connectivity index (χ2v) is 14.1. The molecule has 288 valence electrons. The fraction of sp³-hybridized carbons (Fsp3) is 0. The van der Waals surface area contributed by atoms with Crippen molar-refractivity contribution < 1.29 is 28.6 Å². The van der Waals surface area contributed by atoms with Crippen LogP contribution in [0, 0.1) is 0 Å². The summed E-state index contributed by atoms with van der Waals surface area (Å²) in [4.78, 5) is 52.8. The van der Waals surface area contributed by atoms with E-state index in [9.17, 15) is 29.4 Å². The Bertz CT molecular complexity index is 3190. The summed E-state index contributed by atoms with van der Waals surface area (Å²) >= 11 is 0. The lowest BCUT2D eigenvalue weighted by Crippen LogP contribution is -2.07. The summed E-state index contributed by atoms with van der Waals surface area (Å²) in [5.41, 5.74) is 5.38. The monoisotopic (exact) mass is 784 g/mol. The Hall–Kier alpha value is -8.36. The maximum absolute atomic E-state index is 13.2. The van der Waals surface area contributed by atoms with Crippen LogP contribution in [-0.2, 0) is 0 Å². The smallest absolute Gasteiger partial charge is 0.200 e. The first-order valence-corrected chi connectivity index (χ1v) is 19.0. The first-order valence-electron chi connectivity index (χ1n) is 19.0. The Morgan fingerprint density at radius 1 is 0.383 bits per heavy atom. The van der Waals surface area contributed by atoms with Crippen LogP contribution in [0.2, 0.25) is 0 Å². The number of ketones is 2. The molecule has 8 nitrogen and oxygen atoms in total. The zero-order valence-electron chi connectivity index (χ0n) is 31.7. The molecule has 60 heavy (non-hydrogen) atoms. The lowest BCUT2D eigenvalue weighted by Gasteiger charge is -2.11. The van der Waals surface area contributed by atoms with Gasteiger partial charge in [-0.1, -0.05) is 109 Å². The highest BCUT2D eigenvalue weighted by Gasteiger charge is 2.21. The third-order valence-electron chi connectivity index (χ3n) is 10.3. The minimum Gasteiger partial charge on any atom is -0.507 e. The SMILES string of the molecule is O=C(c1cc(-c2ccccc2)c2oc3ccccc3c(=O)c2c1)c1ccccc1O.O=C(c1cc(-c2ccccc2)c2oc3ccccc3c(=O)c2c1)c1ccccc1O. The summed E-state index contributed by atoms with van der Waals surface area (Å²) < 4.78 is 12.2. The topological polar surface area (TPSA) is 135 Å². The van der Waals surface area contributed by atoms with Crippen molar-refractivity contribution >= 4 is 55.4 Å². The second-order valence-electron chi connectivity index (χ2n) is 14.1. The van der Waals surface area contributed by atoms with E-state index in [4.69, 9.17) is 8.83 Å². The van der Waals surface area contributed by atoms with Gasteiger partial charge in [-0.2, -0.15) is 0 Å². The number of hydrogen-bond acceptors (Lipinski definition) is 8. The Balaban J connectivity index is 0.000000154. The fourth-order valence-corrected chi connectivity index (χ4v) is 7.38. The van der Waals surface area contributed by atoms with Gasteiger partial charge in [0.1, 0.15) is 33.8 Å². The van der Waals surface area contributed by atoms with Crippen LogP contribution in [-0.4, -0.2) is 21.8 Å². The number of aromatic hydroxyl groups is 2. The molecule has 0 fully saturated rings. The third-order valence-corrected chi connectivity index (χ3v) is 10.3. The summed E-state index contributed by atoms with van der Waals surface area (Å²) in [5.74, 6) is -0.928. The molecule has 0 unspecified atom stereocenters. The minimum atomic E-state index is -0.361. The average molecular weight is 785 g/mol. The lowest BCUT2D eigenvalue weighted by molar-refractivity contribution is 0.102. The largest absolute Gasteiger partial charge is 0.507 e. The molecule has 0 bridgehead atoms. The number of carbonyl (C=O) groups excluding carboxylic acids is 2. The van der Waals surface area contributed by atoms with Gasteiger partial charge in [-0.15, -0.1) is 0 Å². The van der Waals surface area contributed by atoms with Gasteiger partial charge in [0.15, 0.2) is 11.6 Å². The highest BCUT2D eigenvalue weighted by molar-refractivity contribution is 6.15. The lowest BCUT2D eigenvalue weighted by atomic mass is 9.94. The zero-order chi connectivity index (χ0) is 41.3. The van der Waals surface area contributed by atoms with Crippen LogP contribution in [0.3, 0.4) is 0 Å². The molecular formula is C52H32O8. The second kappa shape index (κ2) is 15.5. The normalized spacial score (nSPS) is 11.1. The minimum absolute atomic E-state index is 0.102. The van der Waals surface area contributed by atoms with Gasteiger partial charge in [0.05, 0.1) is 32.7 Å². The van der Waals surface area contributed by atoms with Crippen LogP contribution < -0.4 is 10.9 Å². The van der Waals surface area contributed by atoms with Gasteiger partial charge in [-0.25, -0.2) is 0 Å². The van der Waals surface area contributed by atoms with Crippen LogP contribution in [0.5, 0.6) is 11.5 Å². The first kappa shape index (κ1) is 37.2. The molecule has 0 saturated heterocycles. The Kier molecular flexibility index (Phi) is 9.64. The molecule has 2 aromatic heterocycles. The van der Waals surface area contributed by atoms with Gasteiger partial charge in [-0.3, -0.25) is 19.2 Å². The third kappa shape index (κ3) is 6.78. The van der Waals surface area contributed by atoms with Gasteiger partial charge in [0, 0.05) is 22.3 Å². The molecule has 2 heterocycles. The quantitative estimate of drug-likeness (QED) is 0.126. The molecule has 0 aliphatic heterocycles. The molecular weight excluding hydrogens is 753 g/mol. The molecule has 8 aromatic carbocycles. The van der Waals surface area contributed by atoms with E-state index in [0.717, 1.165) is 11.1 Å². The Morgan fingerprint density at radius 2 is 0.733 bits per heavy atom. The van der Waals surface area contributed by atoms with Gasteiger partial charge in [0.2, 0.25) is 10.9 Å². The highest BCUT2D eigenvalue weighted by Crippen LogP contribution is 2.34. The molecule has 10 rings (SSSR count). The van der Waals surface area contributed by atoms with Gasteiger partial charge >= 0.3 is 0 Å². The molecule has 0 radical (unpaired) electrons. The van der Waals surface area contributed by atoms with Crippen molar-refractivity contribution in [3.05, 3.63) is 225 Å². The van der Waals surface area contributed by atoms with Crippen molar-refractivity contribution in [3.63, 3.8) is 0 Å². The van der Waals surface area contributed by atoms with E-state index in [1.54, 1.807) is 97.1 Å². The van der Waals surface area contributed by atoms with Gasteiger partial charge in [0.25, 0.3) is 0 Å². The van der Waals surface area contributed by atoms with E-state index in [-0.39, 0.29) is 45.0 Å². The van der Waals surface area contributed by atoms with E-state index < -0.39 is 0 Å². The van der Waals surface area contributed by atoms with Gasteiger partial charge in [-0.05, 0) is 83.9 Å². The number of hydrogen-bond donors (Lipinski definition) is 2. The van der Waals surface area contributed by atoms with Crippen LogP contribution in [0.15, 0.2) is 200 Å². The molecule has 0 amide bonds. The Labute approximate surface area is 341 Å².